The number of rotatable bonds is 3. The third-order valence-corrected chi connectivity index (χ3v) is 3.54. The van der Waals surface area contributed by atoms with Gasteiger partial charge in [0.1, 0.15) is 0 Å². The Morgan fingerprint density at radius 3 is 2.39 bits per heavy atom. The first-order chi connectivity index (χ1) is 11.0. The van der Waals surface area contributed by atoms with E-state index in [1.807, 2.05) is 6.92 Å². The summed E-state index contributed by atoms with van der Waals surface area (Å²) in [5.41, 5.74) is 4.19. The summed E-state index contributed by atoms with van der Waals surface area (Å²) in [7, 11) is 0. The first kappa shape index (κ1) is 17.0. The van der Waals surface area contributed by atoms with E-state index < -0.39 is 11.8 Å². The summed E-state index contributed by atoms with van der Waals surface area (Å²) < 4.78 is 0. The standard InChI is InChI=1S/C16H13Cl2N3O2/c1-10-2-7-13(8-14(10)18)20-15(22)16(23)21-19-9-11-3-5-12(17)6-4-11/h2-9H,1H3,(H,20,22)(H,21,23)/b19-9-. The first-order valence-corrected chi connectivity index (χ1v) is 7.37. The largest absolute Gasteiger partial charge is 0.329 e. The minimum atomic E-state index is -0.882. The molecule has 0 bridgehead atoms. The zero-order valence-electron chi connectivity index (χ0n) is 12.1. The molecule has 2 N–H and O–H groups in total. The predicted octanol–water partition coefficient (Wildman–Crippen LogP) is 3.39. The summed E-state index contributed by atoms with van der Waals surface area (Å²) >= 11 is 11.7. The number of carbonyl (C=O) groups is 2. The zero-order chi connectivity index (χ0) is 16.8. The van der Waals surface area contributed by atoms with Crippen LogP contribution < -0.4 is 10.7 Å². The molecule has 0 aliphatic carbocycles. The van der Waals surface area contributed by atoms with Crippen molar-refractivity contribution >= 4 is 46.9 Å². The number of anilines is 1. The Morgan fingerprint density at radius 1 is 1.04 bits per heavy atom. The van der Waals surface area contributed by atoms with Crippen molar-refractivity contribution in [2.24, 2.45) is 5.10 Å². The number of amides is 2. The SMILES string of the molecule is Cc1ccc(NC(=O)C(=O)N/N=C\c2ccc(Cl)cc2)cc1Cl. The smallest absolute Gasteiger partial charge is 0.318 e. The fourth-order valence-electron chi connectivity index (χ4n) is 1.62. The Bertz CT molecular complexity index is 758. The van der Waals surface area contributed by atoms with Crippen molar-refractivity contribution in [2.75, 3.05) is 5.32 Å². The molecule has 0 fully saturated rings. The van der Waals surface area contributed by atoms with Crippen LogP contribution in [-0.2, 0) is 9.59 Å². The molecule has 0 aliphatic heterocycles. The molecule has 2 aromatic rings. The van der Waals surface area contributed by atoms with E-state index in [0.29, 0.717) is 15.7 Å². The van der Waals surface area contributed by atoms with Crippen LogP contribution in [0.15, 0.2) is 47.6 Å². The molecule has 7 heteroatoms. The highest BCUT2D eigenvalue weighted by molar-refractivity contribution is 6.39. The molecule has 0 aliphatic rings. The van der Waals surface area contributed by atoms with Gasteiger partial charge in [0.05, 0.1) is 6.21 Å². The number of aryl methyl sites for hydroxylation is 1. The number of benzene rings is 2. The van der Waals surface area contributed by atoms with E-state index in [4.69, 9.17) is 23.2 Å². The molecule has 0 saturated heterocycles. The van der Waals surface area contributed by atoms with Crippen LogP contribution in [0, 0.1) is 6.92 Å². The molecule has 0 aromatic heterocycles. The van der Waals surface area contributed by atoms with Gasteiger partial charge in [-0.05, 0) is 42.3 Å². The summed E-state index contributed by atoms with van der Waals surface area (Å²) in [6, 6.07) is 11.8. The van der Waals surface area contributed by atoms with Crippen molar-refractivity contribution in [3.05, 3.63) is 63.6 Å². The van der Waals surface area contributed by atoms with Gasteiger partial charge in [-0.1, -0.05) is 41.4 Å². The first-order valence-electron chi connectivity index (χ1n) is 6.62. The van der Waals surface area contributed by atoms with E-state index in [0.717, 1.165) is 11.1 Å². The van der Waals surface area contributed by atoms with Gasteiger partial charge in [-0.3, -0.25) is 9.59 Å². The third-order valence-electron chi connectivity index (χ3n) is 2.89. The van der Waals surface area contributed by atoms with Crippen LogP contribution in [0.2, 0.25) is 10.0 Å². The molecule has 118 valence electrons. The van der Waals surface area contributed by atoms with Crippen molar-refractivity contribution in [1.29, 1.82) is 0 Å². The summed E-state index contributed by atoms with van der Waals surface area (Å²) in [6.07, 6.45) is 1.41. The van der Waals surface area contributed by atoms with Gasteiger partial charge in [0, 0.05) is 15.7 Å². The molecule has 0 heterocycles. The van der Waals surface area contributed by atoms with E-state index in [1.54, 1.807) is 42.5 Å². The van der Waals surface area contributed by atoms with Crippen LogP contribution in [-0.4, -0.2) is 18.0 Å². The second-order valence-electron chi connectivity index (χ2n) is 4.67. The number of hydrogen-bond donors (Lipinski definition) is 2. The van der Waals surface area contributed by atoms with Gasteiger partial charge < -0.3 is 5.32 Å². The molecule has 2 amide bonds. The minimum absolute atomic E-state index is 0.433. The fourth-order valence-corrected chi connectivity index (χ4v) is 1.93. The average Bonchev–Trinajstić information content (AvgIpc) is 2.52. The molecule has 0 spiro atoms. The van der Waals surface area contributed by atoms with Crippen LogP contribution >= 0.6 is 23.2 Å². The van der Waals surface area contributed by atoms with Crippen LogP contribution in [0.25, 0.3) is 0 Å². The maximum atomic E-state index is 11.7. The lowest BCUT2D eigenvalue weighted by molar-refractivity contribution is -0.136. The Hall–Kier alpha value is -2.37. The van der Waals surface area contributed by atoms with Crippen molar-refractivity contribution in [2.45, 2.75) is 6.92 Å². The van der Waals surface area contributed by atoms with Crippen LogP contribution in [0.1, 0.15) is 11.1 Å². The normalized spacial score (nSPS) is 10.6. The number of hydrazone groups is 1. The Kier molecular flexibility index (Phi) is 5.73. The van der Waals surface area contributed by atoms with E-state index in [9.17, 15) is 9.59 Å². The van der Waals surface area contributed by atoms with Gasteiger partial charge in [0.15, 0.2) is 0 Å². The highest BCUT2D eigenvalue weighted by Gasteiger charge is 2.13. The molecule has 0 saturated carbocycles. The number of hydrogen-bond acceptors (Lipinski definition) is 3. The second kappa shape index (κ2) is 7.76. The lowest BCUT2D eigenvalue weighted by Crippen LogP contribution is -2.32. The maximum absolute atomic E-state index is 11.7. The highest BCUT2D eigenvalue weighted by Crippen LogP contribution is 2.19. The number of carbonyl (C=O) groups excluding carboxylic acids is 2. The molecule has 5 nitrogen and oxygen atoms in total. The molecule has 0 atom stereocenters. The van der Waals surface area contributed by atoms with Gasteiger partial charge in [0.25, 0.3) is 0 Å². The van der Waals surface area contributed by atoms with Crippen LogP contribution in [0.3, 0.4) is 0 Å². The lowest BCUT2D eigenvalue weighted by Gasteiger charge is -2.05. The molecule has 0 radical (unpaired) electrons. The summed E-state index contributed by atoms with van der Waals surface area (Å²) in [4.78, 5) is 23.4. The summed E-state index contributed by atoms with van der Waals surface area (Å²) in [5, 5.41) is 7.25. The van der Waals surface area contributed by atoms with Crippen molar-refractivity contribution in [1.82, 2.24) is 5.43 Å². The quantitative estimate of drug-likeness (QED) is 0.506. The van der Waals surface area contributed by atoms with Gasteiger partial charge in [-0.15, -0.1) is 0 Å². The molecular formula is C16H13Cl2N3O2. The second-order valence-corrected chi connectivity index (χ2v) is 5.51. The Morgan fingerprint density at radius 2 is 1.74 bits per heavy atom. The van der Waals surface area contributed by atoms with E-state index >= 15 is 0 Å². The molecule has 2 rings (SSSR count). The van der Waals surface area contributed by atoms with Crippen molar-refractivity contribution in [3.8, 4) is 0 Å². The summed E-state index contributed by atoms with van der Waals surface area (Å²) in [5.74, 6) is -1.72. The Labute approximate surface area is 143 Å². The minimum Gasteiger partial charge on any atom is -0.318 e. The molecule has 0 unspecified atom stereocenters. The maximum Gasteiger partial charge on any atom is 0.329 e. The fraction of sp³-hybridized carbons (Fsp3) is 0.0625. The van der Waals surface area contributed by atoms with Crippen LogP contribution in [0.4, 0.5) is 5.69 Å². The number of halogens is 2. The van der Waals surface area contributed by atoms with Crippen LogP contribution in [0.5, 0.6) is 0 Å². The van der Waals surface area contributed by atoms with E-state index in [1.165, 1.54) is 6.21 Å². The Balaban J connectivity index is 1.90. The monoisotopic (exact) mass is 349 g/mol. The topological polar surface area (TPSA) is 70.6 Å². The number of nitrogens with zero attached hydrogens (tertiary/aromatic N) is 1. The van der Waals surface area contributed by atoms with Gasteiger partial charge >= 0.3 is 11.8 Å². The highest BCUT2D eigenvalue weighted by atomic mass is 35.5. The number of nitrogens with one attached hydrogen (secondary N) is 2. The van der Waals surface area contributed by atoms with Gasteiger partial charge in [-0.25, -0.2) is 5.43 Å². The van der Waals surface area contributed by atoms with E-state index in [2.05, 4.69) is 15.8 Å². The van der Waals surface area contributed by atoms with Crippen molar-refractivity contribution in [3.63, 3.8) is 0 Å². The molecule has 2 aromatic carbocycles. The average molecular weight is 350 g/mol. The third kappa shape index (κ3) is 5.09. The lowest BCUT2D eigenvalue weighted by atomic mass is 10.2. The van der Waals surface area contributed by atoms with Crippen molar-refractivity contribution < 1.29 is 9.59 Å². The summed E-state index contributed by atoms with van der Waals surface area (Å²) in [6.45, 7) is 1.84. The predicted molar refractivity (Wildman–Crippen MR) is 92.0 cm³/mol. The zero-order valence-corrected chi connectivity index (χ0v) is 13.7. The van der Waals surface area contributed by atoms with Gasteiger partial charge in [-0.2, -0.15) is 5.10 Å². The molecule has 23 heavy (non-hydrogen) atoms. The van der Waals surface area contributed by atoms with E-state index in [-0.39, 0.29) is 0 Å². The molecular weight excluding hydrogens is 337 g/mol. The van der Waals surface area contributed by atoms with Gasteiger partial charge in [0.2, 0.25) is 0 Å².